The first-order chi connectivity index (χ1) is 9.30. The molecule has 0 unspecified atom stereocenters. The van der Waals surface area contributed by atoms with Gasteiger partial charge < -0.3 is 10.1 Å². The molecule has 0 amide bonds. The maximum atomic E-state index is 12.2. The van der Waals surface area contributed by atoms with Crippen molar-refractivity contribution >= 4 is 10.0 Å². The maximum Gasteiger partial charge on any atom is 0.258 e. The Morgan fingerprint density at radius 3 is 2.55 bits per heavy atom. The number of nitrogens with zero attached hydrogens (tertiary/aromatic N) is 1. The summed E-state index contributed by atoms with van der Waals surface area (Å²) in [5.74, 6) is 0. The summed E-state index contributed by atoms with van der Waals surface area (Å²) in [6, 6.07) is 3.27. The van der Waals surface area contributed by atoms with Crippen LogP contribution in [0.2, 0.25) is 0 Å². The Kier molecular flexibility index (Phi) is 6.07. The second-order valence-corrected chi connectivity index (χ2v) is 6.84. The van der Waals surface area contributed by atoms with Gasteiger partial charge >= 0.3 is 0 Å². The number of hydrogen-bond acceptors (Lipinski definition) is 5. The summed E-state index contributed by atoms with van der Waals surface area (Å²) in [6.45, 7) is 7.33. The van der Waals surface area contributed by atoms with Gasteiger partial charge in [0.1, 0.15) is 0 Å². The van der Waals surface area contributed by atoms with E-state index in [-0.39, 0.29) is 11.6 Å². The third kappa shape index (κ3) is 5.16. The number of pyridine rings is 1. The van der Waals surface area contributed by atoms with Gasteiger partial charge in [0.2, 0.25) is 0 Å². The van der Waals surface area contributed by atoms with Gasteiger partial charge in [-0.2, -0.15) is 0 Å². The molecule has 0 spiro atoms. The predicted octanol–water partition coefficient (Wildman–Crippen LogP) is 0.894. The Morgan fingerprint density at radius 2 is 2.05 bits per heavy atom. The molecule has 0 saturated heterocycles. The molecule has 20 heavy (non-hydrogen) atoms. The Labute approximate surface area is 121 Å². The molecule has 1 aromatic rings. The van der Waals surface area contributed by atoms with Crippen LogP contribution in [0, 0.1) is 0 Å². The highest BCUT2D eigenvalue weighted by Gasteiger charge is 2.26. The van der Waals surface area contributed by atoms with Gasteiger partial charge in [-0.05, 0) is 32.0 Å². The average Bonchev–Trinajstić information content (AvgIpc) is 2.35. The van der Waals surface area contributed by atoms with Gasteiger partial charge in [-0.25, -0.2) is 18.1 Å². The van der Waals surface area contributed by atoms with Crippen molar-refractivity contribution < 1.29 is 13.2 Å². The molecule has 0 bridgehead atoms. The van der Waals surface area contributed by atoms with Crippen molar-refractivity contribution in [2.24, 2.45) is 0 Å². The Hall–Kier alpha value is -1.02. The van der Waals surface area contributed by atoms with E-state index < -0.39 is 15.6 Å². The molecule has 0 radical (unpaired) electrons. The highest BCUT2D eigenvalue weighted by atomic mass is 32.2. The lowest BCUT2D eigenvalue weighted by Crippen LogP contribution is -2.46. The minimum atomic E-state index is -3.64. The molecule has 0 aliphatic carbocycles. The average molecular weight is 301 g/mol. The number of rotatable bonds is 8. The zero-order valence-electron chi connectivity index (χ0n) is 12.4. The van der Waals surface area contributed by atoms with E-state index in [1.54, 1.807) is 26.1 Å². The van der Waals surface area contributed by atoms with Crippen LogP contribution in [0.1, 0.15) is 26.3 Å². The fourth-order valence-corrected chi connectivity index (χ4v) is 3.08. The van der Waals surface area contributed by atoms with E-state index in [1.807, 2.05) is 6.92 Å². The Morgan fingerprint density at radius 1 is 1.35 bits per heavy atom. The highest BCUT2D eigenvalue weighted by molar-refractivity contribution is 7.89. The lowest BCUT2D eigenvalue weighted by Gasteiger charge is -2.24. The van der Waals surface area contributed by atoms with E-state index in [1.165, 1.54) is 13.2 Å². The second kappa shape index (κ2) is 7.12. The molecule has 0 atom stereocenters. The number of hydrogen-bond donors (Lipinski definition) is 2. The Bertz CT molecular complexity index is 512. The van der Waals surface area contributed by atoms with Gasteiger partial charge in [0.15, 0.2) is 5.03 Å². The highest BCUT2D eigenvalue weighted by Crippen LogP contribution is 2.12. The van der Waals surface area contributed by atoms with Crippen LogP contribution in [0.5, 0.6) is 0 Å². The van der Waals surface area contributed by atoms with Crippen LogP contribution in [0.4, 0.5) is 0 Å². The Balaban J connectivity index is 2.82. The van der Waals surface area contributed by atoms with E-state index in [0.717, 1.165) is 12.1 Å². The van der Waals surface area contributed by atoms with Gasteiger partial charge in [-0.3, -0.25) is 0 Å². The summed E-state index contributed by atoms with van der Waals surface area (Å²) in [7, 11) is -2.11. The number of aromatic nitrogens is 1. The quantitative estimate of drug-likeness (QED) is 0.745. The van der Waals surface area contributed by atoms with Gasteiger partial charge in [0.25, 0.3) is 10.0 Å². The lowest BCUT2D eigenvalue weighted by molar-refractivity contribution is 0.141. The molecular weight excluding hydrogens is 278 g/mol. The minimum Gasteiger partial charge on any atom is -0.383 e. The van der Waals surface area contributed by atoms with Gasteiger partial charge in [-0.1, -0.05) is 13.0 Å². The van der Waals surface area contributed by atoms with E-state index in [4.69, 9.17) is 4.74 Å². The molecule has 0 aliphatic heterocycles. The molecule has 0 saturated carbocycles. The summed E-state index contributed by atoms with van der Waals surface area (Å²) in [4.78, 5) is 4.02. The van der Waals surface area contributed by atoms with E-state index in [9.17, 15) is 8.42 Å². The first kappa shape index (κ1) is 17.0. The van der Waals surface area contributed by atoms with Crippen LogP contribution in [0.15, 0.2) is 23.4 Å². The maximum absolute atomic E-state index is 12.2. The number of nitrogens with one attached hydrogen (secondary N) is 2. The lowest BCUT2D eigenvalue weighted by atomic mass is 10.1. The van der Waals surface area contributed by atoms with Crippen molar-refractivity contribution in [1.82, 2.24) is 15.0 Å². The summed E-state index contributed by atoms with van der Waals surface area (Å²) in [6.07, 6.45) is 1.57. The van der Waals surface area contributed by atoms with Crippen LogP contribution < -0.4 is 10.0 Å². The minimum absolute atomic E-state index is 0.0157. The zero-order chi connectivity index (χ0) is 15.2. The zero-order valence-corrected chi connectivity index (χ0v) is 13.3. The van der Waals surface area contributed by atoms with Gasteiger partial charge in [0.05, 0.1) is 12.1 Å². The SMILES string of the molecule is CCNCc1ccc(S(=O)(=O)NC(C)(C)COC)nc1. The van der Waals surface area contributed by atoms with Crippen LogP contribution in [0.3, 0.4) is 0 Å². The van der Waals surface area contributed by atoms with E-state index >= 15 is 0 Å². The molecule has 0 aromatic carbocycles. The van der Waals surface area contributed by atoms with Crippen molar-refractivity contribution in [2.75, 3.05) is 20.3 Å². The summed E-state index contributed by atoms with van der Waals surface area (Å²) in [5, 5.41) is 3.17. The van der Waals surface area contributed by atoms with Crippen LogP contribution in [0.25, 0.3) is 0 Å². The predicted molar refractivity (Wildman–Crippen MR) is 77.9 cm³/mol. The van der Waals surface area contributed by atoms with Gasteiger partial charge in [0, 0.05) is 19.9 Å². The number of ether oxygens (including phenoxy) is 1. The molecule has 1 heterocycles. The molecular formula is C13H23N3O3S. The molecule has 1 aromatic heterocycles. The van der Waals surface area contributed by atoms with E-state index in [2.05, 4.69) is 15.0 Å². The molecule has 7 heteroatoms. The standard InChI is InChI=1S/C13H23N3O3S/c1-5-14-8-11-6-7-12(15-9-11)20(17,18)16-13(2,3)10-19-4/h6-7,9,14,16H,5,8,10H2,1-4H3. The second-order valence-electron chi connectivity index (χ2n) is 5.21. The monoisotopic (exact) mass is 301 g/mol. The number of sulfonamides is 1. The van der Waals surface area contributed by atoms with Crippen LogP contribution in [-0.4, -0.2) is 39.2 Å². The van der Waals surface area contributed by atoms with Crippen molar-refractivity contribution in [3.8, 4) is 0 Å². The summed E-state index contributed by atoms with van der Waals surface area (Å²) < 4.78 is 32.0. The smallest absolute Gasteiger partial charge is 0.258 e. The fourth-order valence-electron chi connectivity index (χ4n) is 1.75. The van der Waals surface area contributed by atoms with Crippen molar-refractivity contribution in [3.63, 3.8) is 0 Å². The normalized spacial score (nSPS) is 12.6. The third-order valence-electron chi connectivity index (χ3n) is 2.57. The molecule has 0 fully saturated rings. The van der Waals surface area contributed by atoms with Gasteiger partial charge in [-0.15, -0.1) is 0 Å². The molecule has 6 nitrogen and oxygen atoms in total. The van der Waals surface area contributed by atoms with Crippen LogP contribution >= 0.6 is 0 Å². The first-order valence-electron chi connectivity index (χ1n) is 6.49. The molecule has 114 valence electrons. The summed E-state index contributed by atoms with van der Waals surface area (Å²) in [5.41, 5.74) is 0.263. The first-order valence-corrected chi connectivity index (χ1v) is 7.97. The van der Waals surface area contributed by atoms with Crippen LogP contribution in [-0.2, 0) is 21.3 Å². The molecule has 2 N–H and O–H groups in total. The fraction of sp³-hybridized carbons (Fsp3) is 0.615. The van der Waals surface area contributed by atoms with Crippen molar-refractivity contribution in [2.45, 2.75) is 37.9 Å². The topological polar surface area (TPSA) is 80.3 Å². The summed E-state index contributed by atoms with van der Waals surface area (Å²) >= 11 is 0. The molecule has 0 aliphatic rings. The van der Waals surface area contributed by atoms with Crippen molar-refractivity contribution in [1.29, 1.82) is 0 Å². The van der Waals surface area contributed by atoms with E-state index in [0.29, 0.717) is 6.54 Å². The number of methoxy groups -OCH3 is 1. The third-order valence-corrected chi connectivity index (χ3v) is 4.18. The molecule has 1 rings (SSSR count). The largest absolute Gasteiger partial charge is 0.383 e. The van der Waals surface area contributed by atoms with Crippen molar-refractivity contribution in [3.05, 3.63) is 23.9 Å².